The van der Waals surface area contributed by atoms with Gasteiger partial charge in [-0.1, -0.05) is 62.2 Å². The summed E-state index contributed by atoms with van der Waals surface area (Å²) in [5.74, 6) is 0. The first kappa shape index (κ1) is 12.8. The molecule has 0 aliphatic carbocycles. The van der Waals surface area contributed by atoms with Gasteiger partial charge in [0.1, 0.15) is 0 Å². The molecular weight excluding hydrogens is 342 g/mol. The average molecular weight is 355 g/mol. The largest absolute Gasteiger partial charge is 0.309 e. The number of benzene rings is 2. The van der Waals surface area contributed by atoms with E-state index in [4.69, 9.17) is 0 Å². The Morgan fingerprint density at radius 3 is 2.00 bits per heavy atom. The highest BCUT2D eigenvalue weighted by Crippen LogP contribution is 2.27. The van der Waals surface area contributed by atoms with Crippen molar-refractivity contribution in [3.63, 3.8) is 0 Å². The summed E-state index contributed by atoms with van der Waals surface area (Å²) in [5, 5.41) is 3.35. The molecule has 2 rings (SSSR count). The van der Waals surface area contributed by atoms with E-state index in [0.717, 1.165) is 8.95 Å². The van der Waals surface area contributed by atoms with Crippen molar-refractivity contribution in [1.29, 1.82) is 0 Å². The molecule has 2 aromatic rings. The Morgan fingerprint density at radius 1 is 0.882 bits per heavy atom. The maximum Gasteiger partial charge on any atom is 0.0575 e. The predicted octanol–water partition coefficient (Wildman–Crippen LogP) is 4.52. The summed E-state index contributed by atoms with van der Waals surface area (Å²) < 4.78 is 2.16. The summed E-state index contributed by atoms with van der Waals surface area (Å²) in [4.78, 5) is 0. The van der Waals surface area contributed by atoms with Gasteiger partial charge in [-0.3, -0.25) is 0 Å². The van der Waals surface area contributed by atoms with Gasteiger partial charge in [0.25, 0.3) is 0 Å². The molecule has 2 aromatic carbocycles. The lowest BCUT2D eigenvalue weighted by molar-refractivity contribution is 0.691. The minimum atomic E-state index is 0.213. The molecule has 17 heavy (non-hydrogen) atoms. The Hall–Kier alpha value is -0.640. The molecule has 1 N–H and O–H groups in total. The summed E-state index contributed by atoms with van der Waals surface area (Å²) in [6.45, 7) is 0. The van der Waals surface area contributed by atoms with Crippen LogP contribution in [0.15, 0.2) is 57.5 Å². The van der Waals surface area contributed by atoms with Crippen LogP contribution in [-0.4, -0.2) is 7.05 Å². The number of hydrogen-bond donors (Lipinski definition) is 1. The van der Waals surface area contributed by atoms with Crippen molar-refractivity contribution in [3.8, 4) is 0 Å². The molecule has 0 aliphatic rings. The molecule has 0 heterocycles. The second-order valence-corrected chi connectivity index (χ2v) is 5.67. The van der Waals surface area contributed by atoms with Crippen molar-refractivity contribution in [2.75, 3.05) is 7.05 Å². The van der Waals surface area contributed by atoms with Crippen LogP contribution >= 0.6 is 31.9 Å². The topological polar surface area (TPSA) is 12.0 Å². The molecule has 0 spiro atoms. The van der Waals surface area contributed by atoms with Crippen molar-refractivity contribution in [1.82, 2.24) is 5.32 Å². The summed E-state index contributed by atoms with van der Waals surface area (Å²) in [5.41, 5.74) is 2.50. The van der Waals surface area contributed by atoms with Gasteiger partial charge in [0.2, 0.25) is 0 Å². The molecule has 0 bridgehead atoms. The van der Waals surface area contributed by atoms with Crippen molar-refractivity contribution in [2.45, 2.75) is 6.04 Å². The van der Waals surface area contributed by atoms with E-state index in [2.05, 4.69) is 73.6 Å². The van der Waals surface area contributed by atoms with Gasteiger partial charge in [0.15, 0.2) is 0 Å². The van der Waals surface area contributed by atoms with Crippen molar-refractivity contribution >= 4 is 31.9 Å². The van der Waals surface area contributed by atoms with Gasteiger partial charge in [0, 0.05) is 8.95 Å². The third-order valence-electron chi connectivity index (χ3n) is 2.64. The monoisotopic (exact) mass is 353 g/mol. The average Bonchev–Trinajstić information content (AvgIpc) is 2.30. The first-order valence-corrected chi connectivity index (χ1v) is 6.97. The highest BCUT2D eigenvalue weighted by atomic mass is 79.9. The third kappa shape index (κ3) is 3.18. The van der Waals surface area contributed by atoms with Crippen LogP contribution in [0.1, 0.15) is 17.2 Å². The zero-order valence-corrected chi connectivity index (χ0v) is 12.6. The SMILES string of the molecule is CNC(c1ccccc1)c1cc(Br)cc(Br)c1. The first-order valence-electron chi connectivity index (χ1n) is 5.39. The van der Waals surface area contributed by atoms with Crippen LogP contribution in [0.5, 0.6) is 0 Å². The minimum absolute atomic E-state index is 0.213. The number of rotatable bonds is 3. The summed E-state index contributed by atoms with van der Waals surface area (Å²) in [6, 6.07) is 17.0. The van der Waals surface area contributed by atoms with Gasteiger partial charge in [0.05, 0.1) is 6.04 Å². The summed E-state index contributed by atoms with van der Waals surface area (Å²) in [7, 11) is 1.98. The van der Waals surface area contributed by atoms with Gasteiger partial charge >= 0.3 is 0 Å². The molecule has 0 aliphatic heterocycles. The first-order chi connectivity index (χ1) is 8.20. The van der Waals surface area contributed by atoms with E-state index in [1.165, 1.54) is 11.1 Å². The second-order valence-electron chi connectivity index (χ2n) is 3.84. The number of halogens is 2. The van der Waals surface area contributed by atoms with E-state index in [1.807, 2.05) is 19.2 Å². The Labute approximate surface area is 119 Å². The molecule has 0 amide bonds. The lowest BCUT2D eigenvalue weighted by Crippen LogP contribution is -2.17. The minimum Gasteiger partial charge on any atom is -0.309 e. The lowest BCUT2D eigenvalue weighted by atomic mass is 9.99. The van der Waals surface area contributed by atoms with E-state index in [9.17, 15) is 0 Å². The van der Waals surface area contributed by atoms with Crippen molar-refractivity contribution in [2.24, 2.45) is 0 Å². The van der Waals surface area contributed by atoms with Gasteiger partial charge in [-0.05, 0) is 36.4 Å². The van der Waals surface area contributed by atoms with E-state index in [1.54, 1.807) is 0 Å². The fraction of sp³-hybridized carbons (Fsp3) is 0.143. The normalized spacial score (nSPS) is 12.4. The van der Waals surface area contributed by atoms with Crippen molar-refractivity contribution in [3.05, 3.63) is 68.6 Å². The van der Waals surface area contributed by atoms with Crippen LogP contribution in [0.25, 0.3) is 0 Å². The molecule has 1 unspecified atom stereocenters. The highest BCUT2D eigenvalue weighted by Gasteiger charge is 2.12. The van der Waals surface area contributed by atoms with Crippen LogP contribution in [0, 0.1) is 0 Å². The maximum atomic E-state index is 3.53. The lowest BCUT2D eigenvalue weighted by Gasteiger charge is -2.17. The summed E-state index contributed by atoms with van der Waals surface area (Å²) in [6.07, 6.45) is 0. The number of nitrogens with one attached hydrogen (secondary N) is 1. The zero-order chi connectivity index (χ0) is 12.3. The Bertz CT molecular complexity index is 477. The van der Waals surface area contributed by atoms with Crippen LogP contribution < -0.4 is 5.32 Å². The van der Waals surface area contributed by atoms with Gasteiger partial charge < -0.3 is 5.32 Å². The smallest absolute Gasteiger partial charge is 0.0575 e. The van der Waals surface area contributed by atoms with E-state index >= 15 is 0 Å². The van der Waals surface area contributed by atoms with E-state index in [0.29, 0.717) is 0 Å². The van der Waals surface area contributed by atoms with Crippen LogP contribution in [0.4, 0.5) is 0 Å². The highest BCUT2D eigenvalue weighted by molar-refractivity contribution is 9.11. The van der Waals surface area contributed by atoms with E-state index in [-0.39, 0.29) is 6.04 Å². The Kier molecular flexibility index (Phi) is 4.37. The summed E-state index contributed by atoms with van der Waals surface area (Å²) >= 11 is 7.05. The Balaban J connectivity index is 2.42. The van der Waals surface area contributed by atoms with Gasteiger partial charge in [-0.2, -0.15) is 0 Å². The molecule has 0 fully saturated rings. The van der Waals surface area contributed by atoms with Gasteiger partial charge in [-0.25, -0.2) is 0 Å². The molecule has 0 radical (unpaired) electrons. The fourth-order valence-corrected chi connectivity index (χ4v) is 3.24. The predicted molar refractivity (Wildman–Crippen MR) is 79.2 cm³/mol. The molecule has 88 valence electrons. The van der Waals surface area contributed by atoms with Crippen molar-refractivity contribution < 1.29 is 0 Å². The number of hydrogen-bond acceptors (Lipinski definition) is 1. The fourth-order valence-electron chi connectivity index (χ4n) is 1.91. The van der Waals surface area contributed by atoms with E-state index < -0.39 is 0 Å². The molecule has 1 nitrogen and oxygen atoms in total. The second kappa shape index (κ2) is 5.80. The zero-order valence-electron chi connectivity index (χ0n) is 9.45. The van der Waals surface area contributed by atoms with Crippen LogP contribution in [0.3, 0.4) is 0 Å². The van der Waals surface area contributed by atoms with Crippen LogP contribution in [0.2, 0.25) is 0 Å². The molecule has 3 heteroatoms. The molecule has 1 atom stereocenters. The molecule has 0 saturated heterocycles. The quantitative estimate of drug-likeness (QED) is 0.854. The third-order valence-corrected chi connectivity index (χ3v) is 3.56. The molecular formula is C14H13Br2N. The standard InChI is InChI=1S/C14H13Br2N/c1-17-14(10-5-3-2-4-6-10)11-7-12(15)9-13(16)8-11/h2-9,14,17H,1H3. The van der Waals surface area contributed by atoms with Crippen LogP contribution in [-0.2, 0) is 0 Å². The molecule has 0 saturated carbocycles. The maximum absolute atomic E-state index is 3.53. The Morgan fingerprint density at radius 2 is 1.47 bits per heavy atom. The molecule has 0 aromatic heterocycles. The van der Waals surface area contributed by atoms with Gasteiger partial charge in [-0.15, -0.1) is 0 Å².